The number of hydrogen-bond acceptors (Lipinski definition) is 3. The third-order valence-electron chi connectivity index (χ3n) is 2.19. The highest BCUT2D eigenvalue weighted by molar-refractivity contribution is 5.86. The van der Waals surface area contributed by atoms with Crippen molar-refractivity contribution >= 4 is 5.97 Å². The second kappa shape index (κ2) is 4.79. The maximum absolute atomic E-state index is 11.3. The minimum atomic E-state index is -0.352. The van der Waals surface area contributed by atoms with Gasteiger partial charge in [-0.15, -0.1) is 0 Å². The maximum Gasteiger partial charge on any atom is 0.358 e. The molecule has 0 N–H and O–H groups in total. The molecule has 78 valence electrons. The van der Waals surface area contributed by atoms with Crippen LogP contribution in [-0.2, 0) is 4.74 Å². The Hall–Kier alpha value is -1.32. The first-order valence-corrected chi connectivity index (χ1v) is 4.89. The molecule has 4 heteroatoms. The molecule has 4 nitrogen and oxygen atoms in total. The van der Waals surface area contributed by atoms with Gasteiger partial charge in [-0.1, -0.05) is 6.92 Å². The zero-order valence-electron chi connectivity index (χ0n) is 8.86. The Bertz CT molecular complexity index is 307. The number of hydrogen-bond donors (Lipinski definition) is 0. The average molecular weight is 196 g/mol. The van der Waals surface area contributed by atoms with Crippen LogP contribution in [0.3, 0.4) is 0 Å². The van der Waals surface area contributed by atoms with E-state index in [2.05, 4.69) is 18.8 Å². The van der Waals surface area contributed by atoms with Crippen LogP contribution in [0.1, 0.15) is 43.7 Å². The number of esters is 1. The van der Waals surface area contributed by atoms with Crippen molar-refractivity contribution in [1.82, 2.24) is 9.55 Å². The Labute approximate surface area is 83.9 Å². The van der Waals surface area contributed by atoms with E-state index in [1.807, 2.05) is 4.57 Å². The largest absolute Gasteiger partial charge is 0.461 e. The predicted octanol–water partition coefficient (Wildman–Crippen LogP) is 2.03. The van der Waals surface area contributed by atoms with Crippen molar-refractivity contribution in [3.63, 3.8) is 0 Å². The van der Waals surface area contributed by atoms with E-state index in [1.165, 1.54) is 0 Å². The third-order valence-corrected chi connectivity index (χ3v) is 2.19. The number of aromatic nitrogens is 2. The molecular formula is C10H16N2O2. The van der Waals surface area contributed by atoms with Gasteiger partial charge >= 0.3 is 5.97 Å². The lowest BCUT2D eigenvalue weighted by molar-refractivity contribution is 0.0520. The van der Waals surface area contributed by atoms with Crippen LogP contribution >= 0.6 is 0 Å². The minimum absolute atomic E-state index is 0.352. The van der Waals surface area contributed by atoms with Crippen LogP contribution in [0.15, 0.2) is 12.5 Å². The van der Waals surface area contributed by atoms with Gasteiger partial charge in [0.2, 0.25) is 0 Å². The van der Waals surface area contributed by atoms with Crippen molar-refractivity contribution in [2.75, 3.05) is 6.61 Å². The summed E-state index contributed by atoms with van der Waals surface area (Å²) in [6.07, 6.45) is 4.41. The van der Waals surface area contributed by atoms with E-state index in [1.54, 1.807) is 19.4 Å². The summed E-state index contributed by atoms with van der Waals surface area (Å²) in [6, 6.07) is 0.366. The van der Waals surface area contributed by atoms with Crippen molar-refractivity contribution in [2.45, 2.75) is 33.2 Å². The first kappa shape index (κ1) is 10.8. The molecule has 1 atom stereocenters. The second-order valence-corrected chi connectivity index (χ2v) is 3.18. The van der Waals surface area contributed by atoms with Gasteiger partial charge in [-0.05, 0) is 20.3 Å². The topological polar surface area (TPSA) is 44.1 Å². The predicted molar refractivity (Wildman–Crippen MR) is 53.2 cm³/mol. The molecule has 0 fully saturated rings. The Morgan fingerprint density at radius 3 is 2.93 bits per heavy atom. The summed E-state index contributed by atoms with van der Waals surface area (Å²) in [5, 5.41) is 0. The van der Waals surface area contributed by atoms with E-state index in [0.29, 0.717) is 18.3 Å². The second-order valence-electron chi connectivity index (χ2n) is 3.18. The lowest BCUT2D eigenvalue weighted by atomic mass is 10.2. The minimum Gasteiger partial charge on any atom is -0.461 e. The molecule has 0 aliphatic rings. The van der Waals surface area contributed by atoms with Crippen LogP contribution in [0, 0.1) is 0 Å². The molecule has 0 aliphatic carbocycles. The molecule has 0 aliphatic heterocycles. The number of carbonyl (C=O) groups excluding carboxylic acids is 1. The molecule has 0 amide bonds. The molecule has 0 spiro atoms. The highest BCUT2D eigenvalue weighted by Gasteiger charge is 2.11. The fourth-order valence-corrected chi connectivity index (χ4v) is 1.10. The van der Waals surface area contributed by atoms with Crippen molar-refractivity contribution in [2.24, 2.45) is 0 Å². The van der Waals surface area contributed by atoms with Gasteiger partial charge < -0.3 is 9.30 Å². The standard InChI is InChI=1S/C10H16N2O2/c1-4-8(3)12-6-9(11-7-12)10(13)14-5-2/h6-8H,4-5H2,1-3H3/t8-/m1/s1. The van der Waals surface area contributed by atoms with Crippen molar-refractivity contribution in [3.8, 4) is 0 Å². The van der Waals surface area contributed by atoms with Gasteiger partial charge in [-0.2, -0.15) is 0 Å². The quantitative estimate of drug-likeness (QED) is 0.692. The summed E-state index contributed by atoms with van der Waals surface area (Å²) >= 11 is 0. The molecule has 14 heavy (non-hydrogen) atoms. The molecule has 1 heterocycles. The van der Waals surface area contributed by atoms with Crippen molar-refractivity contribution in [3.05, 3.63) is 18.2 Å². The van der Waals surface area contributed by atoms with E-state index in [9.17, 15) is 4.79 Å². The third kappa shape index (κ3) is 2.34. The van der Waals surface area contributed by atoms with Crippen LogP contribution in [-0.4, -0.2) is 22.1 Å². The van der Waals surface area contributed by atoms with Crippen LogP contribution < -0.4 is 0 Å². The van der Waals surface area contributed by atoms with Crippen LogP contribution in [0.4, 0.5) is 0 Å². The Kier molecular flexibility index (Phi) is 3.68. The molecule has 1 aromatic heterocycles. The summed E-state index contributed by atoms with van der Waals surface area (Å²) in [6.45, 7) is 6.34. The zero-order valence-corrected chi connectivity index (χ0v) is 8.86. The fourth-order valence-electron chi connectivity index (χ4n) is 1.10. The summed E-state index contributed by atoms with van der Waals surface area (Å²) in [4.78, 5) is 15.3. The highest BCUT2D eigenvalue weighted by Crippen LogP contribution is 2.10. The van der Waals surface area contributed by atoms with E-state index < -0.39 is 0 Å². The number of imidazole rings is 1. The van der Waals surface area contributed by atoms with Crippen LogP contribution in [0.5, 0.6) is 0 Å². The van der Waals surface area contributed by atoms with E-state index >= 15 is 0 Å². The number of nitrogens with zero attached hydrogens (tertiary/aromatic N) is 2. The van der Waals surface area contributed by atoms with Gasteiger partial charge in [0.15, 0.2) is 5.69 Å². The van der Waals surface area contributed by atoms with E-state index in [4.69, 9.17) is 4.74 Å². The molecule has 0 saturated carbocycles. The van der Waals surface area contributed by atoms with Gasteiger partial charge in [0.25, 0.3) is 0 Å². The van der Waals surface area contributed by atoms with E-state index in [-0.39, 0.29) is 5.97 Å². The smallest absolute Gasteiger partial charge is 0.358 e. The lowest BCUT2D eigenvalue weighted by Gasteiger charge is -2.08. The molecule has 0 aromatic carbocycles. The zero-order chi connectivity index (χ0) is 10.6. The first-order valence-electron chi connectivity index (χ1n) is 4.89. The van der Waals surface area contributed by atoms with Gasteiger partial charge in [-0.3, -0.25) is 0 Å². The van der Waals surface area contributed by atoms with Crippen LogP contribution in [0.25, 0.3) is 0 Å². The average Bonchev–Trinajstić information content (AvgIpc) is 2.66. The van der Waals surface area contributed by atoms with Crippen LogP contribution in [0.2, 0.25) is 0 Å². The SMILES string of the molecule is CCOC(=O)c1cn([C@H](C)CC)cn1. The van der Waals surface area contributed by atoms with Gasteiger partial charge in [0.1, 0.15) is 0 Å². The molecular weight excluding hydrogens is 180 g/mol. The normalized spacial score (nSPS) is 12.5. The highest BCUT2D eigenvalue weighted by atomic mass is 16.5. The summed E-state index contributed by atoms with van der Waals surface area (Å²) < 4.78 is 6.76. The number of rotatable bonds is 4. The summed E-state index contributed by atoms with van der Waals surface area (Å²) in [5.74, 6) is -0.352. The van der Waals surface area contributed by atoms with Gasteiger partial charge in [-0.25, -0.2) is 9.78 Å². The maximum atomic E-state index is 11.3. The Balaban J connectivity index is 2.72. The summed E-state index contributed by atoms with van der Waals surface area (Å²) in [7, 11) is 0. The Morgan fingerprint density at radius 1 is 1.64 bits per heavy atom. The van der Waals surface area contributed by atoms with E-state index in [0.717, 1.165) is 6.42 Å². The fraction of sp³-hybridized carbons (Fsp3) is 0.600. The molecule has 1 aromatic rings. The monoisotopic (exact) mass is 196 g/mol. The molecule has 0 radical (unpaired) electrons. The molecule has 1 rings (SSSR count). The molecule has 0 saturated heterocycles. The first-order chi connectivity index (χ1) is 6.69. The van der Waals surface area contributed by atoms with Gasteiger partial charge in [0, 0.05) is 12.2 Å². The number of ether oxygens (including phenoxy) is 1. The Morgan fingerprint density at radius 2 is 2.36 bits per heavy atom. The number of carbonyl (C=O) groups is 1. The summed E-state index contributed by atoms with van der Waals surface area (Å²) in [5.41, 5.74) is 0.382. The van der Waals surface area contributed by atoms with Gasteiger partial charge in [0.05, 0.1) is 12.9 Å². The van der Waals surface area contributed by atoms with Crippen molar-refractivity contribution in [1.29, 1.82) is 0 Å². The molecule has 0 bridgehead atoms. The van der Waals surface area contributed by atoms with Crippen molar-refractivity contribution < 1.29 is 9.53 Å². The lowest BCUT2D eigenvalue weighted by Crippen LogP contribution is -2.05. The molecule has 0 unspecified atom stereocenters.